The van der Waals surface area contributed by atoms with Gasteiger partial charge in [-0.3, -0.25) is 4.79 Å². The van der Waals surface area contributed by atoms with Crippen molar-refractivity contribution in [1.29, 1.82) is 0 Å². The number of piperidine rings is 1. The average Bonchev–Trinajstić information content (AvgIpc) is 2.50. The van der Waals surface area contributed by atoms with Crippen LogP contribution in [-0.4, -0.2) is 30.3 Å². The molecule has 1 aliphatic rings. The van der Waals surface area contributed by atoms with Crippen molar-refractivity contribution in [3.63, 3.8) is 0 Å². The SMILES string of the molecule is CC(C)(Sc1ccc(Br)cc1)C(=O)NCCC1CCCNC1. The molecule has 0 radical (unpaired) electrons. The Bertz CT molecular complexity index is 484. The zero-order chi connectivity index (χ0) is 16.0. The molecule has 1 saturated heterocycles. The van der Waals surface area contributed by atoms with Crippen LogP contribution in [0.2, 0.25) is 0 Å². The number of amides is 1. The van der Waals surface area contributed by atoms with Gasteiger partial charge in [-0.25, -0.2) is 0 Å². The summed E-state index contributed by atoms with van der Waals surface area (Å²) in [4.78, 5) is 13.5. The Hall–Kier alpha value is -0.520. The fourth-order valence-corrected chi connectivity index (χ4v) is 3.91. The van der Waals surface area contributed by atoms with E-state index in [1.54, 1.807) is 11.8 Å². The summed E-state index contributed by atoms with van der Waals surface area (Å²) in [7, 11) is 0. The van der Waals surface area contributed by atoms with Crippen molar-refractivity contribution in [1.82, 2.24) is 10.6 Å². The van der Waals surface area contributed by atoms with E-state index in [0.717, 1.165) is 35.4 Å². The van der Waals surface area contributed by atoms with E-state index in [4.69, 9.17) is 0 Å². The fourth-order valence-electron chi connectivity index (χ4n) is 2.62. The van der Waals surface area contributed by atoms with Crippen molar-refractivity contribution < 1.29 is 4.79 Å². The molecule has 1 aliphatic heterocycles. The summed E-state index contributed by atoms with van der Waals surface area (Å²) in [5.74, 6) is 0.820. The number of carbonyl (C=O) groups is 1. The third kappa shape index (κ3) is 5.60. The van der Waals surface area contributed by atoms with Crippen LogP contribution in [0.25, 0.3) is 0 Å². The predicted octanol–water partition coefficient (Wildman–Crippen LogP) is 3.83. The summed E-state index contributed by atoms with van der Waals surface area (Å²) in [6.07, 6.45) is 3.60. The molecule has 1 unspecified atom stereocenters. The van der Waals surface area contributed by atoms with Gasteiger partial charge in [0.25, 0.3) is 0 Å². The van der Waals surface area contributed by atoms with Gasteiger partial charge in [0, 0.05) is 15.9 Å². The number of halogens is 1. The fraction of sp³-hybridized carbons (Fsp3) is 0.588. The van der Waals surface area contributed by atoms with Crippen LogP contribution in [0.4, 0.5) is 0 Å². The second kappa shape index (κ2) is 8.37. The summed E-state index contributed by atoms with van der Waals surface area (Å²) in [6, 6.07) is 8.09. The maximum Gasteiger partial charge on any atom is 0.236 e. The van der Waals surface area contributed by atoms with Crippen molar-refractivity contribution in [3.8, 4) is 0 Å². The lowest BCUT2D eigenvalue weighted by atomic mass is 9.96. The highest BCUT2D eigenvalue weighted by Gasteiger charge is 2.28. The Morgan fingerprint density at radius 2 is 2.14 bits per heavy atom. The van der Waals surface area contributed by atoms with Crippen molar-refractivity contribution in [2.45, 2.75) is 42.8 Å². The largest absolute Gasteiger partial charge is 0.355 e. The van der Waals surface area contributed by atoms with Crippen LogP contribution in [0.15, 0.2) is 33.6 Å². The van der Waals surface area contributed by atoms with E-state index in [0.29, 0.717) is 5.92 Å². The summed E-state index contributed by atoms with van der Waals surface area (Å²) in [5, 5.41) is 6.52. The maximum absolute atomic E-state index is 12.4. The first-order chi connectivity index (χ1) is 10.5. The molecule has 0 bridgehead atoms. The molecule has 1 atom stereocenters. The number of nitrogens with one attached hydrogen (secondary N) is 2. The minimum Gasteiger partial charge on any atom is -0.355 e. The lowest BCUT2D eigenvalue weighted by Gasteiger charge is -2.25. The van der Waals surface area contributed by atoms with Crippen molar-refractivity contribution >= 4 is 33.6 Å². The van der Waals surface area contributed by atoms with Crippen LogP contribution >= 0.6 is 27.7 Å². The molecule has 1 heterocycles. The Labute approximate surface area is 146 Å². The Balaban J connectivity index is 1.78. The van der Waals surface area contributed by atoms with E-state index < -0.39 is 4.75 Å². The van der Waals surface area contributed by atoms with Crippen LogP contribution < -0.4 is 10.6 Å². The first kappa shape index (κ1) is 17.8. The van der Waals surface area contributed by atoms with Crippen LogP contribution in [0.3, 0.4) is 0 Å². The molecule has 5 heteroatoms. The standard InChI is InChI=1S/C17H25BrN2OS/c1-17(2,22-15-7-5-14(18)6-8-15)16(21)20-11-9-13-4-3-10-19-12-13/h5-8,13,19H,3-4,9-12H2,1-2H3,(H,20,21). The number of thioether (sulfide) groups is 1. The molecular formula is C17H25BrN2OS. The van der Waals surface area contributed by atoms with Gasteiger partial charge < -0.3 is 10.6 Å². The van der Waals surface area contributed by atoms with E-state index in [1.165, 1.54) is 12.8 Å². The van der Waals surface area contributed by atoms with Crippen LogP contribution in [-0.2, 0) is 4.79 Å². The molecule has 0 spiro atoms. The molecule has 22 heavy (non-hydrogen) atoms. The maximum atomic E-state index is 12.4. The zero-order valence-electron chi connectivity index (χ0n) is 13.3. The highest BCUT2D eigenvalue weighted by molar-refractivity contribution is 9.10. The lowest BCUT2D eigenvalue weighted by molar-refractivity contribution is -0.122. The minimum absolute atomic E-state index is 0.115. The smallest absolute Gasteiger partial charge is 0.236 e. The molecule has 2 rings (SSSR count). The minimum atomic E-state index is -0.460. The number of benzene rings is 1. The number of carbonyl (C=O) groups excluding carboxylic acids is 1. The van der Waals surface area contributed by atoms with E-state index >= 15 is 0 Å². The summed E-state index contributed by atoms with van der Waals surface area (Å²) in [6.45, 7) is 6.97. The third-order valence-electron chi connectivity index (χ3n) is 3.97. The second-order valence-corrected chi connectivity index (χ2v) is 8.94. The van der Waals surface area contributed by atoms with Crippen molar-refractivity contribution in [2.75, 3.05) is 19.6 Å². The first-order valence-corrected chi connectivity index (χ1v) is 9.52. The van der Waals surface area contributed by atoms with Gasteiger partial charge in [0.2, 0.25) is 5.91 Å². The van der Waals surface area contributed by atoms with Crippen molar-refractivity contribution in [2.24, 2.45) is 5.92 Å². The van der Waals surface area contributed by atoms with Gasteiger partial charge in [-0.1, -0.05) is 15.9 Å². The molecule has 2 N–H and O–H groups in total. The van der Waals surface area contributed by atoms with Crippen LogP contribution in [0, 0.1) is 5.92 Å². The number of rotatable bonds is 6. The summed E-state index contributed by atoms with van der Waals surface area (Å²) < 4.78 is 0.596. The van der Waals surface area contributed by atoms with Gasteiger partial charge in [0.1, 0.15) is 0 Å². The van der Waals surface area contributed by atoms with E-state index in [2.05, 4.69) is 26.6 Å². The first-order valence-electron chi connectivity index (χ1n) is 7.91. The van der Waals surface area contributed by atoms with Gasteiger partial charge in [-0.2, -0.15) is 0 Å². The summed E-state index contributed by atoms with van der Waals surface area (Å²) >= 11 is 5.04. The molecule has 1 amide bonds. The average molecular weight is 385 g/mol. The molecule has 0 aliphatic carbocycles. The number of hydrogen-bond donors (Lipinski definition) is 2. The van der Waals surface area contributed by atoms with Crippen molar-refractivity contribution in [3.05, 3.63) is 28.7 Å². The van der Waals surface area contributed by atoms with Gasteiger partial charge in [0.15, 0.2) is 0 Å². The predicted molar refractivity (Wildman–Crippen MR) is 97.3 cm³/mol. The van der Waals surface area contributed by atoms with Crippen LogP contribution in [0.1, 0.15) is 33.1 Å². The van der Waals surface area contributed by atoms with Gasteiger partial charge >= 0.3 is 0 Å². The van der Waals surface area contributed by atoms with Gasteiger partial charge in [0.05, 0.1) is 4.75 Å². The molecule has 0 saturated carbocycles. The molecule has 1 aromatic rings. The lowest BCUT2D eigenvalue weighted by Crippen LogP contribution is -2.41. The Morgan fingerprint density at radius 3 is 2.77 bits per heavy atom. The second-order valence-electron chi connectivity index (χ2n) is 6.32. The quantitative estimate of drug-likeness (QED) is 0.732. The molecule has 0 aromatic heterocycles. The zero-order valence-corrected chi connectivity index (χ0v) is 15.7. The molecule has 122 valence electrons. The summed E-state index contributed by atoms with van der Waals surface area (Å²) in [5.41, 5.74) is 0. The third-order valence-corrected chi connectivity index (χ3v) is 5.70. The van der Waals surface area contributed by atoms with E-state index in [-0.39, 0.29) is 5.91 Å². The molecule has 1 fully saturated rings. The van der Waals surface area contributed by atoms with Gasteiger partial charge in [-0.05, 0) is 76.4 Å². The Morgan fingerprint density at radius 1 is 1.41 bits per heavy atom. The monoisotopic (exact) mass is 384 g/mol. The molecule has 3 nitrogen and oxygen atoms in total. The molecule has 1 aromatic carbocycles. The molecular weight excluding hydrogens is 360 g/mol. The highest BCUT2D eigenvalue weighted by atomic mass is 79.9. The van der Waals surface area contributed by atoms with E-state index in [9.17, 15) is 4.79 Å². The van der Waals surface area contributed by atoms with E-state index in [1.807, 2.05) is 38.1 Å². The normalized spacial score (nSPS) is 19.0. The van der Waals surface area contributed by atoms with Gasteiger partial charge in [-0.15, -0.1) is 11.8 Å². The Kier molecular flexibility index (Phi) is 6.78. The highest BCUT2D eigenvalue weighted by Crippen LogP contribution is 2.33. The topological polar surface area (TPSA) is 41.1 Å². The number of hydrogen-bond acceptors (Lipinski definition) is 3. The van der Waals surface area contributed by atoms with Crippen LogP contribution in [0.5, 0.6) is 0 Å².